The van der Waals surface area contributed by atoms with E-state index in [2.05, 4.69) is 31.2 Å². The smallest absolute Gasteiger partial charge is 0.287 e. The molecule has 16 nitrogen and oxygen atoms in total. The molecule has 0 bridgehead atoms. The van der Waals surface area contributed by atoms with Crippen molar-refractivity contribution in [3.05, 3.63) is 107 Å². The number of benzene rings is 3. The third-order valence-corrected chi connectivity index (χ3v) is 8.24. The number of para-hydroxylation sites is 3. The maximum atomic E-state index is 13.9. The van der Waals surface area contributed by atoms with E-state index in [1.807, 2.05) is 0 Å². The first-order chi connectivity index (χ1) is 25.1. The minimum absolute atomic E-state index is 0. The third-order valence-electron chi connectivity index (χ3n) is 8.24. The molecule has 0 saturated carbocycles. The van der Waals surface area contributed by atoms with Crippen molar-refractivity contribution in [2.45, 2.75) is 19.3 Å². The predicted octanol–water partition coefficient (Wildman–Crippen LogP) is 1.21. The first kappa shape index (κ1) is 38.6. The SMILES string of the molecule is NCCc1cc2cccc(O)c2nc1C(=O)NN(NC(=O)c1nc2c(O)cccc2cc1CCN)NC(=O)c1nc2c(O)cccc2cc1CCN.[In]. The van der Waals surface area contributed by atoms with Crippen LogP contribution in [0.25, 0.3) is 32.7 Å². The van der Waals surface area contributed by atoms with Gasteiger partial charge in [-0.05, 0) is 97.2 Å². The number of aromatic hydroxyl groups is 3. The van der Waals surface area contributed by atoms with Crippen LogP contribution < -0.4 is 33.5 Å². The Balaban J connectivity index is 0.00000541. The molecule has 6 aromatic rings. The Morgan fingerprint density at radius 1 is 0.528 bits per heavy atom. The minimum Gasteiger partial charge on any atom is -0.506 e. The molecule has 53 heavy (non-hydrogen) atoms. The van der Waals surface area contributed by atoms with Gasteiger partial charge in [0.25, 0.3) is 17.7 Å². The standard InChI is InChI=1S/C36H36N10O6.In/c37-13-10-22-16-19-4-1-7-25(47)28(19)40-31(22)34(50)43-46(44-35(51)32-23(11-14-38)17-20-5-2-8-26(48)29(20)41-32)45-36(52)33-24(12-15-39)18-21-6-3-9-27(49)30(21)42-33;/h1-9,16-18,47-49H,10-15,37-39H2,(H,43,50)(H,44,51)(H,45,52);. The molecule has 3 aromatic carbocycles. The summed E-state index contributed by atoms with van der Waals surface area (Å²) in [4.78, 5) is 55.1. The van der Waals surface area contributed by atoms with Crippen LogP contribution in [0, 0.1) is 0 Å². The van der Waals surface area contributed by atoms with Gasteiger partial charge in [0, 0.05) is 42.0 Å². The summed E-state index contributed by atoms with van der Waals surface area (Å²) < 4.78 is 0. The van der Waals surface area contributed by atoms with E-state index in [1.165, 1.54) is 18.2 Å². The Morgan fingerprint density at radius 2 is 0.811 bits per heavy atom. The molecule has 6 rings (SSSR count). The van der Waals surface area contributed by atoms with Crippen LogP contribution in [-0.2, 0) is 19.3 Å². The summed E-state index contributed by atoms with van der Waals surface area (Å²) in [6, 6.07) is 19.3. The van der Waals surface area contributed by atoms with Crippen LogP contribution in [0.4, 0.5) is 0 Å². The summed E-state index contributed by atoms with van der Waals surface area (Å²) in [5.41, 5.74) is 26.2. The van der Waals surface area contributed by atoms with Crippen molar-refractivity contribution in [2.24, 2.45) is 17.2 Å². The molecule has 0 spiro atoms. The molecule has 0 atom stereocenters. The Hall–Kier alpha value is -5.59. The van der Waals surface area contributed by atoms with Crippen molar-refractivity contribution >= 4 is 76.3 Å². The Bertz CT molecular complexity index is 2100. The number of carbonyl (C=O) groups excluding carboxylic acids is 3. The minimum atomic E-state index is -0.883. The zero-order valence-corrected chi connectivity index (χ0v) is 31.6. The summed E-state index contributed by atoms with van der Waals surface area (Å²) in [6.45, 7) is 0.495. The topological polar surface area (TPSA) is 268 Å². The molecule has 269 valence electrons. The number of hydrogen-bond acceptors (Lipinski definition) is 13. The Labute approximate surface area is 321 Å². The van der Waals surface area contributed by atoms with Crippen LogP contribution in [-0.4, -0.2) is 98.7 Å². The van der Waals surface area contributed by atoms with E-state index >= 15 is 0 Å². The van der Waals surface area contributed by atoms with Crippen molar-refractivity contribution in [2.75, 3.05) is 19.6 Å². The van der Waals surface area contributed by atoms with E-state index in [9.17, 15) is 29.7 Å². The zero-order chi connectivity index (χ0) is 36.9. The monoisotopic (exact) mass is 819 g/mol. The van der Waals surface area contributed by atoms with Crippen molar-refractivity contribution in [3.8, 4) is 17.2 Å². The van der Waals surface area contributed by atoms with E-state index in [4.69, 9.17) is 17.2 Å². The van der Waals surface area contributed by atoms with Crippen LogP contribution >= 0.6 is 0 Å². The Morgan fingerprint density at radius 3 is 1.08 bits per heavy atom. The largest absolute Gasteiger partial charge is 0.506 e. The number of carbonyl (C=O) groups is 3. The summed E-state index contributed by atoms with van der Waals surface area (Å²) >= 11 is 0. The number of amides is 3. The quantitative estimate of drug-likeness (QED) is 0.0788. The molecular weight excluding hydrogens is 783 g/mol. The maximum absolute atomic E-state index is 13.9. The van der Waals surface area contributed by atoms with Crippen molar-refractivity contribution in [1.29, 1.82) is 0 Å². The number of phenols is 3. The van der Waals surface area contributed by atoms with E-state index in [0.717, 1.165) is 0 Å². The molecule has 0 saturated heterocycles. The fourth-order valence-electron chi connectivity index (χ4n) is 5.86. The summed E-state index contributed by atoms with van der Waals surface area (Å²) in [6.07, 6.45) is 0.708. The number of hydrogen-bond donors (Lipinski definition) is 9. The van der Waals surface area contributed by atoms with Gasteiger partial charge in [-0.2, -0.15) is 0 Å². The molecule has 0 unspecified atom stereocenters. The van der Waals surface area contributed by atoms with Crippen LogP contribution in [0.15, 0.2) is 72.8 Å². The normalized spacial score (nSPS) is 11.1. The molecule has 12 N–H and O–H groups in total. The zero-order valence-electron chi connectivity index (χ0n) is 28.3. The number of nitrogens with two attached hydrogens (primary N) is 3. The van der Waals surface area contributed by atoms with Gasteiger partial charge >= 0.3 is 0 Å². The van der Waals surface area contributed by atoms with Crippen molar-refractivity contribution in [3.63, 3.8) is 0 Å². The molecule has 0 aliphatic heterocycles. The van der Waals surface area contributed by atoms with E-state index in [-0.39, 0.29) is 116 Å². The second-order valence-electron chi connectivity index (χ2n) is 11.8. The first-order valence-corrected chi connectivity index (χ1v) is 16.3. The number of rotatable bonds is 12. The number of nitrogens with zero attached hydrogens (tertiary/aromatic N) is 4. The molecule has 3 radical (unpaired) electrons. The van der Waals surface area contributed by atoms with Gasteiger partial charge in [0.2, 0.25) is 0 Å². The average Bonchev–Trinajstić information content (AvgIpc) is 3.11. The van der Waals surface area contributed by atoms with Crippen LogP contribution in [0.5, 0.6) is 17.2 Å². The fraction of sp³-hybridized carbons (Fsp3) is 0.167. The molecule has 3 aromatic heterocycles. The van der Waals surface area contributed by atoms with Crippen LogP contribution in [0.2, 0.25) is 0 Å². The number of phenolic OH excluding ortho intramolecular Hbond substituents is 3. The van der Waals surface area contributed by atoms with Gasteiger partial charge in [0.15, 0.2) is 0 Å². The van der Waals surface area contributed by atoms with E-state index in [1.54, 1.807) is 54.6 Å². The molecule has 17 heteroatoms. The van der Waals surface area contributed by atoms with Gasteiger partial charge in [-0.25, -0.2) is 31.2 Å². The van der Waals surface area contributed by atoms with Gasteiger partial charge in [-0.3, -0.25) is 14.4 Å². The van der Waals surface area contributed by atoms with Crippen molar-refractivity contribution < 1.29 is 29.7 Å². The summed E-state index contributed by atoms with van der Waals surface area (Å²) in [5.74, 6) is -3.15. The molecular formula is C36H36InN10O6. The molecule has 3 amide bonds. The number of aromatic nitrogens is 3. The second-order valence-corrected chi connectivity index (χ2v) is 11.8. The predicted molar refractivity (Wildman–Crippen MR) is 198 cm³/mol. The first-order valence-electron chi connectivity index (χ1n) is 16.3. The van der Waals surface area contributed by atoms with Gasteiger partial charge < -0.3 is 32.5 Å². The van der Waals surface area contributed by atoms with Gasteiger partial charge in [-0.1, -0.05) is 36.4 Å². The van der Waals surface area contributed by atoms with Crippen molar-refractivity contribution in [1.82, 2.24) is 36.5 Å². The summed E-state index contributed by atoms with van der Waals surface area (Å²) in [7, 11) is 0. The number of pyridine rings is 3. The van der Waals surface area contributed by atoms with E-state index in [0.29, 0.717) is 38.1 Å². The third kappa shape index (κ3) is 8.24. The van der Waals surface area contributed by atoms with Gasteiger partial charge in [-0.15, -0.1) is 0 Å². The number of fused-ring (bicyclic) bond motifs is 3. The number of hydrazine groups is 3. The molecule has 0 aliphatic rings. The summed E-state index contributed by atoms with van der Waals surface area (Å²) in [5, 5.41) is 33.8. The number of nitrogens with one attached hydrogen (secondary N) is 3. The van der Waals surface area contributed by atoms with Crippen LogP contribution in [0.1, 0.15) is 48.2 Å². The average molecular weight is 820 g/mol. The fourth-order valence-corrected chi connectivity index (χ4v) is 5.86. The van der Waals surface area contributed by atoms with Gasteiger partial charge in [0.1, 0.15) is 50.9 Å². The Kier molecular flexibility index (Phi) is 12.3. The van der Waals surface area contributed by atoms with E-state index < -0.39 is 17.7 Å². The molecule has 3 heterocycles. The molecule has 0 aliphatic carbocycles. The second kappa shape index (κ2) is 16.8. The molecule has 0 fully saturated rings. The maximum Gasteiger partial charge on any atom is 0.287 e. The van der Waals surface area contributed by atoms with Crippen LogP contribution in [0.3, 0.4) is 0 Å². The van der Waals surface area contributed by atoms with Gasteiger partial charge in [0.05, 0.1) is 0 Å².